The molecule has 1 aliphatic rings. The SMILES string of the molecule is CC1CN(C)C(=O)C(CCO)N1c1ccc(Br)cc1. The Hall–Kier alpha value is -1.07. The van der Waals surface area contributed by atoms with E-state index in [0.29, 0.717) is 13.0 Å². The van der Waals surface area contributed by atoms with Crippen molar-refractivity contribution in [2.24, 2.45) is 0 Å². The molecule has 1 fully saturated rings. The number of hydrogen-bond donors (Lipinski definition) is 1. The first-order valence-electron chi connectivity index (χ1n) is 6.44. The molecular weight excluding hydrogens is 308 g/mol. The summed E-state index contributed by atoms with van der Waals surface area (Å²) in [6.07, 6.45) is 0.462. The maximum atomic E-state index is 12.3. The van der Waals surface area contributed by atoms with Crippen LogP contribution in [0.25, 0.3) is 0 Å². The van der Waals surface area contributed by atoms with Gasteiger partial charge in [-0.05, 0) is 37.6 Å². The van der Waals surface area contributed by atoms with E-state index >= 15 is 0 Å². The molecule has 0 aliphatic carbocycles. The highest BCUT2D eigenvalue weighted by Crippen LogP contribution is 2.27. The van der Waals surface area contributed by atoms with Crippen molar-refractivity contribution < 1.29 is 9.90 Å². The zero-order valence-electron chi connectivity index (χ0n) is 11.2. The van der Waals surface area contributed by atoms with Crippen LogP contribution in [0.3, 0.4) is 0 Å². The summed E-state index contributed by atoms with van der Waals surface area (Å²) in [7, 11) is 1.82. The number of benzene rings is 1. The van der Waals surface area contributed by atoms with Gasteiger partial charge in [0.05, 0.1) is 0 Å². The zero-order valence-corrected chi connectivity index (χ0v) is 12.8. The fourth-order valence-electron chi connectivity index (χ4n) is 2.69. The summed E-state index contributed by atoms with van der Waals surface area (Å²) in [6, 6.07) is 7.91. The molecule has 104 valence electrons. The minimum absolute atomic E-state index is 0.0179. The zero-order chi connectivity index (χ0) is 14.0. The molecule has 2 rings (SSSR count). The van der Waals surface area contributed by atoms with E-state index < -0.39 is 0 Å². The fourth-order valence-corrected chi connectivity index (χ4v) is 2.95. The van der Waals surface area contributed by atoms with Gasteiger partial charge in [0.1, 0.15) is 6.04 Å². The van der Waals surface area contributed by atoms with Gasteiger partial charge in [-0.2, -0.15) is 0 Å². The number of aliphatic hydroxyl groups is 1. The molecule has 5 heteroatoms. The molecule has 4 nitrogen and oxygen atoms in total. The topological polar surface area (TPSA) is 43.8 Å². The fraction of sp³-hybridized carbons (Fsp3) is 0.500. The quantitative estimate of drug-likeness (QED) is 0.922. The van der Waals surface area contributed by atoms with Crippen LogP contribution in [0, 0.1) is 0 Å². The van der Waals surface area contributed by atoms with Crippen molar-refractivity contribution in [2.75, 3.05) is 25.1 Å². The second-order valence-electron chi connectivity index (χ2n) is 4.98. The summed E-state index contributed by atoms with van der Waals surface area (Å²) in [5.74, 6) is 0.0788. The first-order valence-corrected chi connectivity index (χ1v) is 7.23. The van der Waals surface area contributed by atoms with Crippen molar-refractivity contribution in [2.45, 2.75) is 25.4 Å². The third-order valence-corrected chi connectivity index (χ3v) is 4.07. The van der Waals surface area contributed by atoms with E-state index in [1.54, 1.807) is 4.90 Å². The number of hydrogen-bond acceptors (Lipinski definition) is 3. The van der Waals surface area contributed by atoms with Gasteiger partial charge in [-0.1, -0.05) is 15.9 Å². The van der Waals surface area contributed by atoms with Gasteiger partial charge in [0.15, 0.2) is 0 Å². The summed E-state index contributed by atoms with van der Waals surface area (Å²) in [6.45, 7) is 2.83. The molecule has 0 radical (unpaired) electrons. The number of piperazine rings is 1. The lowest BCUT2D eigenvalue weighted by Crippen LogP contribution is -2.60. The average Bonchev–Trinajstić information content (AvgIpc) is 2.38. The van der Waals surface area contributed by atoms with Gasteiger partial charge in [0, 0.05) is 36.4 Å². The number of likely N-dealkylation sites (N-methyl/N-ethyl adjacent to an activating group) is 1. The number of halogens is 1. The van der Waals surface area contributed by atoms with E-state index in [1.807, 2.05) is 31.3 Å². The molecule has 1 N–H and O–H groups in total. The molecule has 2 unspecified atom stereocenters. The maximum absolute atomic E-state index is 12.3. The number of amides is 1. The molecule has 0 spiro atoms. The van der Waals surface area contributed by atoms with Crippen molar-refractivity contribution in [3.05, 3.63) is 28.7 Å². The van der Waals surface area contributed by atoms with Crippen LogP contribution < -0.4 is 4.90 Å². The number of carbonyl (C=O) groups is 1. The summed E-state index contributed by atoms with van der Waals surface area (Å²) in [5, 5.41) is 9.21. The van der Waals surface area contributed by atoms with Gasteiger partial charge in [0.25, 0.3) is 0 Å². The van der Waals surface area contributed by atoms with Crippen molar-refractivity contribution >= 4 is 27.5 Å². The number of nitrogens with zero attached hydrogens (tertiary/aromatic N) is 2. The summed E-state index contributed by atoms with van der Waals surface area (Å²) >= 11 is 3.42. The lowest BCUT2D eigenvalue weighted by atomic mass is 10.0. The number of aliphatic hydroxyl groups excluding tert-OH is 1. The highest BCUT2D eigenvalue weighted by Gasteiger charge is 2.36. The third kappa shape index (κ3) is 2.92. The van der Waals surface area contributed by atoms with Crippen molar-refractivity contribution in [1.29, 1.82) is 0 Å². The molecule has 1 amide bonds. The van der Waals surface area contributed by atoms with E-state index in [1.165, 1.54) is 0 Å². The molecule has 0 saturated carbocycles. The van der Waals surface area contributed by atoms with Gasteiger partial charge < -0.3 is 14.9 Å². The predicted octanol–water partition coefficient (Wildman–Crippen LogP) is 1.87. The van der Waals surface area contributed by atoms with Gasteiger partial charge in [-0.25, -0.2) is 0 Å². The largest absolute Gasteiger partial charge is 0.396 e. The lowest BCUT2D eigenvalue weighted by molar-refractivity contribution is -0.134. The van der Waals surface area contributed by atoms with Crippen LogP contribution in [0.1, 0.15) is 13.3 Å². The number of carbonyl (C=O) groups excluding carboxylic acids is 1. The van der Waals surface area contributed by atoms with Gasteiger partial charge in [-0.15, -0.1) is 0 Å². The van der Waals surface area contributed by atoms with Crippen LogP contribution in [-0.4, -0.2) is 48.2 Å². The Morgan fingerprint density at radius 1 is 1.37 bits per heavy atom. The Labute approximate surface area is 122 Å². The van der Waals surface area contributed by atoms with Gasteiger partial charge in [-0.3, -0.25) is 4.79 Å². The minimum Gasteiger partial charge on any atom is -0.396 e. The first kappa shape index (κ1) is 14.3. The molecule has 0 bridgehead atoms. The summed E-state index contributed by atoms with van der Waals surface area (Å²) in [4.78, 5) is 16.1. The van der Waals surface area contributed by atoms with Crippen LogP contribution in [0.2, 0.25) is 0 Å². The van der Waals surface area contributed by atoms with Gasteiger partial charge in [0.2, 0.25) is 5.91 Å². The van der Waals surface area contributed by atoms with E-state index in [4.69, 9.17) is 0 Å². The second kappa shape index (κ2) is 5.92. The standard InChI is InChI=1S/C14H19BrN2O2/c1-10-9-16(2)14(19)13(7-8-18)17(10)12-5-3-11(15)4-6-12/h3-6,10,13,18H,7-9H2,1-2H3. The predicted molar refractivity (Wildman–Crippen MR) is 79.2 cm³/mol. The molecule has 1 heterocycles. The van der Waals surface area contributed by atoms with Crippen molar-refractivity contribution in [3.63, 3.8) is 0 Å². The molecular formula is C14H19BrN2O2. The van der Waals surface area contributed by atoms with E-state index in [9.17, 15) is 9.90 Å². The molecule has 19 heavy (non-hydrogen) atoms. The Morgan fingerprint density at radius 2 is 2.00 bits per heavy atom. The minimum atomic E-state index is -0.278. The molecule has 1 saturated heterocycles. The van der Waals surface area contributed by atoms with Crippen LogP contribution in [0.15, 0.2) is 28.7 Å². The Bertz CT molecular complexity index is 449. The third-order valence-electron chi connectivity index (χ3n) is 3.54. The van der Waals surface area contributed by atoms with E-state index in [0.717, 1.165) is 10.2 Å². The first-order chi connectivity index (χ1) is 9.04. The highest BCUT2D eigenvalue weighted by molar-refractivity contribution is 9.10. The second-order valence-corrected chi connectivity index (χ2v) is 5.90. The smallest absolute Gasteiger partial charge is 0.245 e. The molecule has 1 aromatic rings. The Kier molecular flexibility index (Phi) is 4.47. The van der Waals surface area contributed by atoms with Gasteiger partial charge >= 0.3 is 0 Å². The van der Waals surface area contributed by atoms with Crippen LogP contribution in [-0.2, 0) is 4.79 Å². The lowest BCUT2D eigenvalue weighted by Gasteiger charge is -2.45. The summed E-state index contributed by atoms with van der Waals surface area (Å²) < 4.78 is 1.02. The molecule has 1 aromatic carbocycles. The number of rotatable bonds is 3. The maximum Gasteiger partial charge on any atom is 0.245 e. The Morgan fingerprint density at radius 3 is 2.58 bits per heavy atom. The van der Waals surface area contributed by atoms with Crippen LogP contribution >= 0.6 is 15.9 Å². The molecule has 1 aliphatic heterocycles. The normalized spacial score (nSPS) is 23.9. The van der Waals surface area contributed by atoms with Crippen LogP contribution in [0.5, 0.6) is 0 Å². The van der Waals surface area contributed by atoms with E-state index in [-0.39, 0.29) is 24.6 Å². The van der Waals surface area contributed by atoms with Crippen molar-refractivity contribution in [1.82, 2.24) is 4.90 Å². The van der Waals surface area contributed by atoms with Crippen LogP contribution in [0.4, 0.5) is 5.69 Å². The monoisotopic (exact) mass is 326 g/mol. The van der Waals surface area contributed by atoms with E-state index in [2.05, 4.69) is 27.8 Å². The highest BCUT2D eigenvalue weighted by atomic mass is 79.9. The summed E-state index contributed by atoms with van der Waals surface area (Å²) in [5.41, 5.74) is 1.02. The average molecular weight is 327 g/mol. The Balaban J connectivity index is 2.33. The number of anilines is 1. The molecule has 2 atom stereocenters. The molecule has 0 aromatic heterocycles. The van der Waals surface area contributed by atoms with Crippen molar-refractivity contribution in [3.8, 4) is 0 Å².